The lowest BCUT2D eigenvalue weighted by Gasteiger charge is -2.10. The van der Waals surface area contributed by atoms with E-state index in [4.69, 9.17) is 10.5 Å². The number of hydrogen-bond acceptors (Lipinski definition) is 5. The zero-order valence-electron chi connectivity index (χ0n) is 9.75. The summed E-state index contributed by atoms with van der Waals surface area (Å²) in [5, 5.41) is 2.55. The van der Waals surface area contributed by atoms with E-state index in [0.29, 0.717) is 0 Å². The van der Waals surface area contributed by atoms with Gasteiger partial charge in [0.2, 0.25) is 5.88 Å². The summed E-state index contributed by atoms with van der Waals surface area (Å²) in [6.45, 7) is 0. The number of nitrogens with one attached hydrogen (secondary N) is 1. The maximum atomic E-state index is 13.0. The van der Waals surface area contributed by atoms with Crippen LogP contribution >= 0.6 is 0 Å². The molecule has 100 valence electrons. The highest BCUT2D eigenvalue weighted by Crippen LogP contribution is 2.28. The molecule has 2 rings (SSSR count). The minimum absolute atomic E-state index is 0.0381. The Morgan fingerprint density at radius 2 is 1.79 bits per heavy atom. The number of aromatic nitrogens is 2. The van der Waals surface area contributed by atoms with E-state index >= 15 is 0 Å². The zero-order valence-corrected chi connectivity index (χ0v) is 9.75. The van der Waals surface area contributed by atoms with E-state index < -0.39 is 17.5 Å². The molecule has 2 aromatic rings. The SMILES string of the molecule is COc1ncnc(Nc2cc(F)c(F)c(F)c2)c1N. The summed E-state index contributed by atoms with van der Waals surface area (Å²) in [7, 11) is 1.36. The molecule has 5 nitrogen and oxygen atoms in total. The van der Waals surface area contributed by atoms with Crippen molar-refractivity contribution in [1.82, 2.24) is 9.97 Å². The van der Waals surface area contributed by atoms with Crippen LogP contribution in [-0.2, 0) is 0 Å². The molecule has 0 unspecified atom stereocenters. The highest BCUT2D eigenvalue weighted by atomic mass is 19.2. The first-order valence-electron chi connectivity index (χ1n) is 5.09. The highest BCUT2D eigenvalue weighted by Gasteiger charge is 2.13. The van der Waals surface area contributed by atoms with Gasteiger partial charge in [-0.15, -0.1) is 0 Å². The van der Waals surface area contributed by atoms with Gasteiger partial charge in [-0.25, -0.2) is 18.2 Å². The van der Waals surface area contributed by atoms with Gasteiger partial charge in [-0.2, -0.15) is 4.98 Å². The smallest absolute Gasteiger partial charge is 0.242 e. The van der Waals surface area contributed by atoms with E-state index in [2.05, 4.69) is 15.3 Å². The maximum Gasteiger partial charge on any atom is 0.242 e. The van der Waals surface area contributed by atoms with Crippen molar-refractivity contribution < 1.29 is 17.9 Å². The van der Waals surface area contributed by atoms with E-state index in [0.717, 1.165) is 18.5 Å². The summed E-state index contributed by atoms with van der Waals surface area (Å²) in [5.41, 5.74) is 5.70. The molecule has 3 N–H and O–H groups in total. The molecule has 1 aromatic carbocycles. The largest absolute Gasteiger partial charge is 0.479 e. The molecule has 0 radical (unpaired) electrons. The van der Waals surface area contributed by atoms with Crippen molar-refractivity contribution in [1.29, 1.82) is 0 Å². The summed E-state index contributed by atoms with van der Waals surface area (Å²) in [6, 6.07) is 1.57. The van der Waals surface area contributed by atoms with Crippen LogP contribution in [0, 0.1) is 17.5 Å². The van der Waals surface area contributed by atoms with Crippen LogP contribution in [0.3, 0.4) is 0 Å². The topological polar surface area (TPSA) is 73.1 Å². The number of nitrogens with two attached hydrogens (primary N) is 1. The number of hydrogen-bond donors (Lipinski definition) is 2. The fourth-order valence-electron chi connectivity index (χ4n) is 1.41. The van der Waals surface area contributed by atoms with E-state index in [1.807, 2.05) is 0 Å². The van der Waals surface area contributed by atoms with E-state index in [1.165, 1.54) is 7.11 Å². The third-order valence-corrected chi connectivity index (χ3v) is 2.29. The van der Waals surface area contributed by atoms with Crippen LogP contribution in [0.25, 0.3) is 0 Å². The molecule has 0 aliphatic heterocycles. The van der Waals surface area contributed by atoms with Gasteiger partial charge in [0.1, 0.15) is 12.0 Å². The van der Waals surface area contributed by atoms with E-state index in [-0.39, 0.29) is 23.1 Å². The fraction of sp³-hybridized carbons (Fsp3) is 0.0909. The van der Waals surface area contributed by atoms with Crippen molar-refractivity contribution in [3.05, 3.63) is 35.9 Å². The monoisotopic (exact) mass is 270 g/mol. The van der Waals surface area contributed by atoms with Crippen molar-refractivity contribution in [2.45, 2.75) is 0 Å². The van der Waals surface area contributed by atoms with Crippen molar-refractivity contribution in [3.63, 3.8) is 0 Å². The van der Waals surface area contributed by atoms with Gasteiger partial charge in [-0.1, -0.05) is 0 Å². The van der Waals surface area contributed by atoms with Gasteiger partial charge in [-0.05, 0) is 0 Å². The van der Waals surface area contributed by atoms with Gasteiger partial charge in [0.15, 0.2) is 23.3 Å². The highest BCUT2D eigenvalue weighted by molar-refractivity contribution is 5.72. The Hall–Kier alpha value is -2.51. The second kappa shape index (κ2) is 5.01. The summed E-state index contributed by atoms with van der Waals surface area (Å²) in [4.78, 5) is 7.54. The third-order valence-electron chi connectivity index (χ3n) is 2.29. The quantitative estimate of drug-likeness (QED) is 0.837. The molecular formula is C11H9F3N4O. The van der Waals surface area contributed by atoms with Crippen LogP contribution in [0.2, 0.25) is 0 Å². The standard InChI is InChI=1S/C11H9F3N4O/c1-19-11-9(15)10(16-4-17-11)18-5-2-6(12)8(14)7(13)3-5/h2-4H,15H2,1H3,(H,16,17,18). The molecule has 1 aromatic heterocycles. The summed E-state index contributed by atoms with van der Waals surface area (Å²) in [6.07, 6.45) is 1.16. The second-order valence-corrected chi connectivity index (χ2v) is 3.52. The Morgan fingerprint density at radius 3 is 2.37 bits per heavy atom. The van der Waals surface area contributed by atoms with Crippen LogP contribution < -0.4 is 15.8 Å². The normalized spacial score (nSPS) is 10.3. The van der Waals surface area contributed by atoms with Crippen LogP contribution in [-0.4, -0.2) is 17.1 Å². The number of anilines is 3. The Morgan fingerprint density at radius 1 is 1.16 bits per heavy atom. The van der Waals surface area contributed by atoms with Crippen LogP contribution in [0.15, 0.2) is 18.5 Å². The summed E-state index contributed by atoms with van der Waals surface area (Å²) < 4.78 is 43.8. The predicted octanol–water partition coefficient (Wildman–Crippen LogP) is 2.23. The van der Waals surface area contributed by atoms with Gasteiger partial charge in [0.25, 0.3) is 0 Å². The first-order valence-corrected chi connectivity index (χ1v) is 5.09. The lowest BCUT2D eigenvalue weighted by Crippen LogP contribution is -2.04. The molecule has 0 saturated heterocycles. The molecule has 0 fully saturated rings. The fourth-order valence-corrected chi connectivity index (χ4v) is 1.41. The molecule has 0 atom stereocenters. The first-order chi connectivity index (χ1) is 9.02. The number of rotatable bonds is 3. The predicted molar refractivity (Wildman–Crippen MR) is 62.6 cm³/mol. The number of methoxy groups -OCH3 is 1. The van der Waals surface area contributed by atoms with Gasteiger partial charge in [0, 0.05) is 17.8 Å². The molecule has 0 aliphatic carbocycles. The molecular weight excluding hydrogens is 261 g/mol. The first kappa shape index (κ1) is 12.9. The number of halogens is 3. The molecule has 8 heteroatoms. The Balaban J connectivity index is 2.36. The van der Waals surface area contributed by atoms with Crippen LogP contribution in [0.4, 0.5) is 30.4 Å². The maximum absolute atomic E-state index is 13.0. The van der Waals surface area contributed by atoms with E-state index in [9.17, 15) is 13.2 Å². The van der Waals surface area contributed by atoms with Crippen molar-refractivity contribution in [2.75, 3.05) is 18.2 Å². The number of benzene rings is 1. The van der Waals surface area contributed by atoms with Crippen molar-refractivity contribution >= 4 is 17.2 Å². The van der Waals surface area contributed by atoms with Crippen LogP contribution in [0.1, 0.15) is 0 Å². The molecule has 0 bridgehead atoms. The Labute approximate surface area is 106 Å². The zero-order chi connectivity index (χ0) is 14.0. The van der Waals surface area contributed by atoms with Crippen molar-refractivity contribution in [3.8, 4) is 5.88 Å². The molecule has 19 heavy (non-hydrogen) atoms. The van der Waals surface area contributed by atoms with Gasteiger partial charge in [0.05, 0.1) is 7.11 Å². The minimum Gasteiger partial charge on any atom is -0.479 e. The number of nitrogens with zero attached hydrogens (tertiary/aromatic N) is 2. The molecule has 0 spiro atoms. The molecule has 0 saturated carbocycles. The second-order valence-electron chi connectivity index (χ2n) is 3.52. The lowest BCUT2D eigenvalue weighted by atomic mass is 10.3. The summed E-state index contributed by atoms with van der Waals surface area (Å²) in [5.74, 6) is -3.97. The number of ether oxygens (including phenoxy) is 1. The van der Waals surface area contributed by atoms with Crippen LogP contribution in [0.5, 0.6) is 5.88 Å². The molecule has 0 aliphatic rings. The third kappa shape index (κ3) is 2.51. The minimum atomic E-state index is -1.54. The van der Waals surface area contributed by atoms with Gasteiger partial charge < -0.3 is 15.8 Å². The number of nitrogen functional groups attached to an aromatic ring is 1. The van der Waals surface area contributed by atoms with Gasteiger partial charge >= 0.3 is 0 Å². The lowest BCUT2D eigenvalue weighted by molar-refractivity contribution is 0.399. The summed E-state index contributed by atoms with van der Waals surface area (Å²) >= 11 is 0. The van der Waals surface area contributed by atoms with Crippen molar-refractivity contribution in [2.24, 2.45) is 0 Å². The van der Waals surface area contributed by atoms with Gasteiger partial charge in [-0.3, -0.25) is 0 Å². The molecule has 1 heterocycles. The Bertz CT molecular complexity index is 598. The molecule has 0 amide bonds. The van der Waals surface area contributed by atoms with E-state index in [1.54, 1.807) is 0 Å². The Kier molecular flexibility index (Phi) is 3.41. The average Bonchev–Trinajstić information content (AvgIpc) is 2.38. The average molecular weight is 270 g/mol.